The fourth-order valence-corrected chi connectivity index (χ4v) is 4.09. The molecule has 0 saturated heterocycles. The van der Waals surface area contributed by atoms with Crippen LogP contribution in [0.3, 0.4) is 0 Å². The summed E-state index contributed by atoms with van der Waals surface area (Å²) in [7, 11) is 1.75. The van der Waals surface area contributed by atoms with Gasteiger partial charge in [-0.25, -0.2) is 19.4 Å². The SMILES string of the molecule is Cn1nnnc1-n1c(SCc2cccc(NC(=O)OC(C)(C)C)n2)nc2cccc(Cl)c21. The van der Waals surface area contributed by atoms with E-state index in [2.05, 4.69) is 25.8 Å². The number of nitrogens with zero attached hydrogens (tertiary/aromatic N) is 7. The number of ether oxygens (including phenoxy) is 1. The van der Waals surface area contributed by atoms with Crippen molar-refractivity contribution in [1.29, 1.82) is 0 Å². The van der Waals surface area contributed by atoms with Gasteiger partial charge < -0.3 is 4.74 Å². The molecule has 10 nitrogen and oxygen atoms in total. The minimum Gasteiger partial charge on any atom is -0.444 e. The van der Waals surface area contributed by atoms with Gasteiger partial charge in [0.25, 0.3) is 5.95 Å². The van der Waals surface area contributed by atoms with Gasteiger partial charge in [-0.2, -0.15) is 0 Å². The van der Waals surface area contributed by atoms with Gasteiger partial charge in [0.15, 0.2) is 5.16 Å². The van der Waals surface area contributed by atoms with Crippen molar-refractivity contribution in [2.24, 2.45) is 7.05 Å². The van der Waals surface area contributed by atoms with Gasteiger partial charge in [0, 0.05) is 12.8 Å². The van der Waals surface area contributed by atoms with E-state index in [4.69, 9.17) is 21.3 Å². The van der Waals surface area contributed by atoms with Crippen LogP contribution >= 0.6 is 23.4 Å². The zero-order valence-electron chi connectivity index (χ0n) is 17.9. The number of fused-ring (bicyclic) bond motifs is 1. The van der Waals surface area contributed by atoms with E-state index in [-0.39, 0.29) is 0 Å². The van der Waals surface area contributed by atoms with Crippen LogP contribution in [0.5, 0.6) is 0 Å². The number of halogens is 1. The Kier molecular flexibility index (Phi) is 6.02. The average molecular weight is 473 g/mol. The molecule has 3 aromatic heterocycles. The highest BCUT2D eigenvalue weighted by molar-refractivity contribution is 7.98. The second kappa shape index (κ2) is 8.75. The van der Waals surface area contributed by atoms with Crippen molar-refractivity contribution in [1.82, 2.24) is 34.7 Å². The number of nitrogens with one attached hydrogen (secondary N) is 1. The molecule has 166 valence electrons. The third-order valence-corrected chi connectivity index (χ3v) is 5.46. The molecule has 4 rings (SSSR count). The van der Waals surface area contributed by atoms with Crippen molar-refractivity contribution in [2.75, 3.05) is 5.32 Å². The molecule has 12 heteroatoms. The van der Waals surface area contributed by atoms with E-state index in [1.165, 1.54) is 11.8 Å². The summed E-state index contributed by atoms with van der Waals surface area (Å²) in [6.45, 7) is 5.41. The number of imidazole rings is 1. The number of hydrogen-bond donors (Lipinski definition) is 1. The summed E-state index contributed by atoms with van der Waals surface area (Å²) >= 11 is 7.92. The monoisotopic (exact) mass is 472 g/mol. The van der Waals surface area contributed by atoms with E-state index in [9.17, 15) is 4.79 Å². The number of thioether (sulfide) groups is 1. The van der Waals surface area contributed by atoms with Gasteiger partial charge >= 0.3 is 6.09 Å². The summed E-state index contributed by atoms with van der Waals surface area (Å²) in [4.78, 5) is 21.2. The van der Waals surface area contributed by atoms with E-state index in [0.29, 0.717) is 27.7 Å². The Morgan fingerprint density at radius 3 is 2.69 bits per heavy atom. The maximum absolute atomic E-state index is 12.0. The number of hydrogen-bond acceptors (Lipinski definition) is 8. The van der Waals surface area contributed by atoms with Gasteiger partial charge in [0.05, 0.1) is 21.7 Å². The Morgan fingerprint density at radius 1 is 1.19 bits per heavy atom. The number of para-hydroxylation sites is 1. The van der Waals surface area contributed by atoms with Gasteiger partial charge in [-0.1, -0.05) is 40.6 Å². The number of carbonyl (C=O) groups is 1. The summed E-state index contributed by atoms with van der Waals surface area (Å²) in [6.07, 6.45) is -0.555. The molecule has 1 N–H and O–H groups in total. The molecule has 1 aromatic carbocycles. The molecular weight excluding hydrogens is 452 g/mol. The molecule has 0 aliphatic carbocycles. The number of amides is 1. The second-order valence-electron chi connectivity index (χ2n) is 7.87. The van der Waals surface area contributed by atoms with Crippen molar-refractivity contribution >= 4 is 46.3 Å². The predicted molar refractivity (Wildman–Crippen MR) is 122 cm³/mol. The molecule has 3 heterocycles. The van der Waals surface area contributed by atoms with Crippen molar-refractivity contribution < 1.29 is 9.53 Å². The third kappa shape index (κ3) is 4.83. The van der Waals surface area contributed by atoms with Gasteiger partial charge in [0.2, 0.25) is 0 Å². The van der Waals surface area contributed by atoms with Crippen LogP contribution in [0, 0.1) is 0 Å². The fourth-order valence-electron chi connectivity index (χ4n) is 2.94. The maximum atomic E-state index is 12.0. The highest BCUT2D eigenvalue weighted by atomic mass is 35.5. The fraction of sp³-hybridized carbons (Fsp3) is 0.300. The second-order valence-corrected chi connectivity index (χ2v) is 9.22. The van der Waals surface area contributed by atoms with Crippen LogP contribution in [-0.4, -0.2) is 46.4 Å². The number of rotatable bonds is 5. The zero-order chi connectivity index (χ0) is 22.9. The Balaban J connectivity index is 1.59. The molecular formula is C20H21ClN8O2S. The van der Waals surface area contributed by atoms with Gasteiger partial charge in [-0.3, -0.25) is 9.88 Å². The van der Waals surface area contributed by atoms with Crippen LogP contribution in [0.4, 0.5) is 10.6 Å². The number of aryl methyl sites for hydroxylation is 1. The first-order valence-corrected chi connectivity index (χ1v) is 11.1. The normalized spacial score (nSPS) is 11.7. The summed E-state index contributed by atoms with van der Waals surface area (Å²) in [5, 5.41) is 15.6. The molecule has 0 fully saturated rings. The molecule has 0 radical (unpaired) electrons. The van der Waals surface area contributed by atoms with Crippen molar-refractivity contribution in [2.45, 2.75) is 37.3 Å². The Bertz CT molecular complexity index is 1280. The van der Waals surface area contributed by atoms with Crippen LogP contribution in [0.25, 0.3) is 17.0 Å². The van der Waals surface area contributed by atoms with Gasteiger partial charge in [-0.05, 0) is 55.5 Å². The van der Waals surface area contributed by atoms with E-state index < -0.39 is 11.7 Å². The first-order valence-electron chi connectivity index (χ1n) is 9.70. The summed E-state index contributed by atoms with van der Waals surface area (Å²) in [5.41, 5.74) is 1.62. The van der Waals surface area contributed by atoms with Crippen LogP contribution in [0.1, 0.15) is 26.5 Å². The average Bonchev–Trinajstić information content (AvgIpc) is 3.28. The molecule has 0 saturated carbocycles. The molecule has 0 aliphatic heterocycles. The van der Waals surface area contributed by atoms with Crippen molar-refractivity contribution in [3.05, 3.63) is 47.1 Å². The number of tetrazole rings is 1. The van der Waals surface area contributed by atoms with Crippen molar-refractivity contribution in [3.63, 3.8) is 0 Å². The van der Waals surface area contributed by atoms with Crippen LogP contribution in [0.15, 0.2) is 41.6 Å². The topological polar surface area (TPSA) is 113 Å². The minimum atomic E-state index is -0.591. The summed E-state index contributed by atoms with van der Waals surface area (Å²) in [6, 6.07) is 10.9. The molecule has 1 amide bonds. The molecule has 0 atom stereocenters. The Morgan fingerprint density at radius 2 is 1.97 bits per heavy atom. The number of benzene rings is 1. The van der Waals surface area contributed by atoms with E-state index >= 15 is 0 Å². The lowest BCUT2D eigenvalue weighted by Crippen LogP contribution is -2.27. The molecule has 0 spiro atoms. The molecule has 0 bridgehead atoms. The quantitative estimate of drug-likeness (QED) is 0.429. The van der Waals surface area contributed by atoms with E-state index in [1.54, 1.807) is 44.6 Å². The summed E-state index contributed by atoms with van der Waals surface area (Å²) < 4.78 is 8.66. The smallest absolute Gasteiger partial charge is 0.413 e. The first-order chi connectivity index (χ1) is 15.2. The number of anilines is 1. The highest BCUT2D eigenvalue weighted by Gasteiger charge is 2.20. The van der Waals surface area contributed by atoms with Gasteiger partial charge in [-0.15, -0.1) is 0 Å². The van der Waals surface area contributed by atoms with Crippen LogP contribution in [0.2, 0.25) is 5.02 Å². The maximum Gasteiger partial charge on any atom is 0.413 e. The predicted octanol–water partition coefficient (Wildman–Crippen LogP) is 4.24. The zero-order valence-corrected chi connectivity index (χ0v) is 19.5. The van der Waals surface area contributed by atoms with Crippen LogP contribution < -0.4 is 5.32 Å². The molecule has 4 aromatic rings. The van der Waals surface area contributed by atoms with Crippen molar-refractivity contribution in [3.8, 4) is 5.95 Å². The summed E-state index contributed by atoms with van der Waals surface area (Å²) in [5.74, 6) is 1.40. The standard InChI is InChI=1S/C20H21ClN8O2S/c1-20(2,3)31-19(30)24-15-10-5-7-12(22-15)11-32-18-23-14-9-6-8-13(21)16(14)29(18)17-25-26-27-28(17)4/h5-10H,11H2,1-4H3,(H,22,24,30). The highest BCUT2D eigenvalue weighted by Crippen LogP contribution is 2.32. The minimum absolute atomic E-state index is 0.409. The Labute approximate surface area is 193 Å². The number of pyridine rings is 1. The lowest BCUT2D eigenvalue weighted by molar-refractivity contribution is 0.0635. The van der Waals surface area contributed by atoms with E-state index in [0.717, 1.165) is 16.7 Å². The van der Waals surface area contributed by atoms with E-state index in [1.807, 2.05) is 28.8 Å². The molecule has 32 heavy (non-hydrogen) atoms. The number of carbonyl (C=O) groups excluding carboxylic acids is 1. The lowest BCUT2D eigenvalue weighted by atomic mass is 10.2. The first kappa shape index (κ1) is 22.0. The largest absolute Gasteiger partial charge is 0.444 e. The number of aromatic nitrogens is 7. The third-order valence-electron chi connectivity index (χ3n) is 4.18. The van der Waals surface area contributed by atoms with Crippen LogP contribution in [-0.2, 0) is 17.5 Å². The van der Waals surface area contributed by atoms with Gasteiger partial charge in [0.1, 0.15) is 11.4 Å². The lowest BCUT2D eigenvalue weighted by Gasteiger charge is -2.19. The molecule has 0 unspecified atom stereocenters. The molecule has 0 aliphatic rings. The Hall–Kier alpha value is -3.18.